The lowest BCUT2D eigenvalue weighted by atomic mass is 10.2. The molecular formula is C16H19ClN2O3S. The molecule has 0 atom stereocenters. The van der Waals surface area contributed by atoms with Gasteiger partial charge in [-0.1, -0.05) is 18.2 Å². The van der Waals surface area contributed by atoms with Crippen LogP contribution in [0.25, 0.3) is 0 Å². The molecule has 0 unspecified atom stereocenters. The van der Waals surface area contributed by atoms with E-state index in [9.17, 15) is 8.42 Å². The Morgan fingerprint density at radius 2 is 1.78 bits per heavy atom. The number of ether oxygens (including phenoxy) is 1. The average Bonchev–Trinajstić information content (AvgIpc) is 2.77. The Morgan fingerprint density at radius 3 is 2.48 bits per heavy atom. The number of rotatable bonds is 3. The van der Waals surface area contributed by atoms with E-state index >= 15 is 0 Å². The molecule has 3 rings (SSSR count). The van der Waals surface area contributed by atoms with Crippen LogP contribution in [0, 0.1) is 0 Å². The van der Waals surface area contributed by atoms with Crippen LogP contribution in [0.2, 0.25) is 0 Å². The van der Waals surface area contributed by atoms with Gasteiger partial charge in [0.15, 0.2) is 0 Å². The maximum absolute atomic E-state index is 13.0. The molecule has 124 valence electrons. The van der Waals surface area contributed by atoms with Gasteiger partial charge >= 0.3 is 0 Å². The number of methoxy groups -OCH3 is 1. The highest BCUT2D eigenvalue weighted by atomic mass is 35.5. The molecule has 1 aliphatic rings. The van der Waals surface area contributed by atoms with Crippen molar-refractivity contribution in [2.75, 3.05) is 24.5 Å². The first kappa shape index (κ1) is 17.6. The van der Waals surface area contributed by atoms with Crippen LogP contribution in [-0.4, -0.2) is 28.6 Å². The Labute approximate surface area is 142 Å². The van der Waals surface area contributed by atoms with Gasteiger partial charge < -0.3 is 10.1 Å². The van der Waals surface area contributed by atoms with Crippen LogP contribution in [0.15, 0.2) is 53.4 Å². The van der Waals surface area contributed by atoms with Crippen molar-refractivity contribution in [3.63, 3.8) is 0 Å². The lowest BCUT2D eigenvalue weighted by molar-refractivity contribution is 0.414. The Kier molecular flexibility index (Phi) is 5.51. The SMILES string of the molecule is COc1ccc(S(=O)(=O)N2CCNCc3ccccc32)cc1.Cl. The third kappa shape index (κ3) is 3.44. The first-order chi connectivity index (χ1) is 10.6. The van der Waals surface area contributed by atoms with Crippen molar-refractivity contribution in [3.05, 3.63) is 54.1 Å². The van der Waals surface area contributed by atoms with Gasteiger partial charge in [0.2, 0.25) is 0 Å². The summed E-state index contributed by atoms with van der Waals surface area (Å²) in [5.74, 6) is 0.636. The summed E-state index contributed by atoms with van der Waals surface area (Å²) in [6.45, 7) is 1.69. The Balaban J connectivity index is 0.00000192. The van der Waals surface area contributed by atoms with Crippen LogP contribution in [-0.2, 0) is 16.6 Å². The number of anilines is 1. The van der Waals surface area contributed by atoms with Gasteiger partial charge in [0.05, 0.1) is 17.7 Å². The fraction of sp³-hybridized carbons (Fsp3) is 0.250. The summed E-state index contributed by atoms with van der Waals surface area (Å²) in [6.07, 6.45) is 0. The summed E-state index contributed by atoms with van der Waals surface area (Å²) in [4.78, 5) is 0.269. The molecule has 0 aromatic heterocycles. The molecule has 2 aromatic carbocycles. The number of hydrogen-bond acceptors (Lipinski definition) is 4. The number of para-hydroxylation sites is 1. The van der Waals surface area contributed by atoms with E-state index < -0.39 is 10.0 Å². The molecule has 0 amide bonds. The van der Waals surface area contributed by atoms with Gasteiger partial charge in [-0.2, -0.15) is 0 Å². The van der Waals surface area contributed by atoms with E-state index in [0.717, 1.165) is 11.3 Å². The maximum Gasteiger partial charge on any atom is 0.264 e. The Bertz CT molecular complexity index is 763. The molecule has 0 fully saturated rings. The minimum Gasteiger partial charge on any atom is -0.497 e. The van der Waals surface area contributed by atoms with E-state index in [4.69, 9.17) is 4.74 Å². The fourth-order valence-electron chi connectivity index (χ4n) is 2.55. The van der Waals surface area contributed by atoms with E-state index in [1.165, 1.54) is 4.31 Å². The second-order valence-electron chi connectivity index (χ2n) is 5.06. The van der Waals surface area contributed by atoms with Crippen molar-refractivity contribution in [2.45, 2.75) is 11.4 Å². The van der Waals surface area contributed by atoms with Gasteiger partial charge in [0, 0.05) is 19.6 Å². The van der Waals surface area contributed by atoms with Crippen molar-refractivity contribution < 1.29 is 13.2 Å². The first-order valence-electron chi connectivity index (χ1n) is 7.08. The molecule has 0 spiro atoms. The molecule has 2 aromatic rings. The quantitative estimate of drug-likeness (QED) is 0.919. The van der Waals surface area contributed by atoms with Crippen molar-refractivity contribution >= 4 is 28.1 Å². The number of sulfonamides is 1. The van der Waals surface area contributed by atoms with Crippen LogP contribution in [0.4, 0.5) is 5.69 Å². The molecule has 7 heteroatoms. The summed E-state index contributed by atoms with van der Waals surface area (Å²) in [5.41, 5.74) is 1.72. The average molecular weight is 355 g/mol. The van der Waals surface area contributed by atoms with Crippen LogP contribution < -0.4 is 14.4 Å². The highest BCUT2D eigenvalue weighted by molar-refractivity contribution is 7.92. The zero-order chi connectivity index (χ0) is 15.6. The number of fused-ring (bicyclic) bond motifs is 1. The first-order valence-corrected chi connectivity index (χ1v) is 8.52. The number of nitrogens with zero attached hydrogens (tertiary/aromatic N) is 1. The van der Waals surface area contributed by atoms with E-state index in [0.29, 0.717) is 25.4 Å². The molecule has 1 aliphatic heterocycles. The number of hydrogen-bond donors (Lipinski definition) is 1. The molecule has 0 bridgehead atoms. The number of halogens is 1. The normalized spacial score (nSPS) is 14.4. The summed E-state index contributed by atoms with van der Waals surface area (Å²) in [6, 6.07) is 14.1. The van der Waals surface area contributed by atoms with Gasteiger partial charge in [-0.25, -0.2) is 8.42 Å². The summed E-state index contributed by atoms with van der Waals surface area (Å²) >= 11 is 0. The zero-order valence-electron chi connectivity index (χ0n) is 12.7. The molecule has 0 saturated heterocycles. The highest BCUT2D eigenvalue weighted by Gasteiger charge is 2.27. The van der Waals surface area contributed by atoms with Crippen molar-refractivity contribution in [1.82, 2.24) is 5.32 Å². The Hall–Kier alpha value is -1.76. The molecule has 0 aliphatic carbocycles. The van der Waals surface area contributed by atoms with Gasteiger partial charge in [-0.3, -0.25) is 4.31 Å². The molecule has 1 N–H and O–H groups in total. The lowest BCUT2D eigenvalue weighted by Crippen LogP contribution is -2.34. The summed E-state index contributed by atoms with van der Waals surface area (Å²) < 4.78 is 32.5. The standard InChI is InChI=1S/C16H18N2O3S.ClH/c1-21-14-6-8-15(9-7-14)22(19,20)18-11-10-17-12-13-4-2-3-5-16(13)18;/h2-9,17H,10-12H2,1H3;1H. The molecular weight excluding hydrogens is 336 g/mol. The molecule has 1 heterocycles. The highest BCUT2D eigenvalue weighted by Crippen LogP contribution is 2.28. The monoisotopic (exact) mass is 354 g/mol. The molecule has 23 heavy (non-hydrogen) atoms. The van der Waals surface area contributed by atoms with Gasteiger partial charge in [-0.15, -0.1) is 12.4 Å². The van der Waals surface area contributed by atoms with Gasteiger partial charge in [0.25, 0.3) is 10.0 Å². The third-order valence-corrected chi connectivity index (χ3v) is 5.54. The van der Waals surface area contributed by atoms with Crippen LogP contribution in [0.1, 0.15) is 5.56 Å². The van der Waals surface area contributed by atoms with E-state index in [2.05, 4.69) is 5.32 Å². The van der Waals surface area contributed by atoms with E-state index in [1.54, 1.807) is 31.4 Å². The van der Waals surface area contributed by atoms with Gasteiger partial charge in [-0.05, 0) is 35.9 Å². The summed E-state index contributed by atoms with van der Waals surface area (Å²) in [7, 11) is -2.03. The van der Waals surface area contributed by atoms with E-state index in [-0.39, 0.29) is 17.3 Å². The largest absolute Gasteiger partial charge is 0.497 e. The minimum absolute atomic E-state index is 0. The van der Waals surface area contributed by atoms with Crippen LogP contribution >= 0.6 is 12.4 Å². The van der Waals surface area contributed by atoms with E-state index in [1.807, 2.05) is 24.3 Å². The Morgan fingerprint density at radius 1 is 1.09 bits per heavy atom. The second kappa shape index (κ2) is 7.21. The fourth-order valence-corrected chi connectivity index (χ4v) is 4.06. The smallest absolute Gasteiger partial charge is 0.264 e. The lowest BCUT2D eigenvalue weighted by Gasteiger charge is -2.24. The zero-order valence-corrected chi connectivity index (χ0v) is 14.4. The van der Waals surface area contributed by atoms with Crippen molar-refractivity contribution in [3.8, 4) is 5.75 Å². The third-order valence-electron chi connectivity index (χ3n) is 3.71. The second-order valence-corrected chi connectivity index (χ2v) is 6.92. The van der Waals surface area contributed by atoms with Crippen LogP contribution in [0.5, 0.6) is 5.75 Å². The predicted octanol–water partition coefficient (Wildman–Crippen LogP) is 2.42. The number of nitrogens with one attached hydrogen (secondary N) is 1. The molecule has 0 radical (unpaired) electrons. The topological polar surface area (TPSA) is 58.6 Å². The predicted molar refractivity (Wildman–Crippen MR) is 92.9 cm³/mol. The molecule has 0 saturated carbocycles. The van der Waals surface area contributed by atoms with Crippen LogP contribution in [0.3, 0.4) is 0 Å². The minimum atomic E-state index is -3.59. The van der Waals surface area contributed by atoms with Crippen molar-refractivity contribution in [1.29, 1.82) is 0 Å². The number of benzene rings is 2. The summed E-state index contributed by atoms with van der Waals surface area (Å²) in [5, 5.41) is 3.25. The molecule has 5 nitrogen and oxygen atoms in total. The van der Waals surface area contributed by atoms with Gasteiger partial charge in [0.1, 0.15) is 5.75 Å². The van der Waals surface area contributed by atoms with Crippen molar-refractivity contribution in [2.24, 2.45) is 0 Å². The maximum atomic E-state index is 13.0.